The molecule has 0 spiro atoms. The smallest absolute Gasteiger partial charge is 0.267 e. The second-order valence-electron chi connectivity index (χ2n) is 5.18. The number of nitrogens with one attached hydrogen (secondary N) is 2. The first kappa shape index (κ1) is 18.4. The van der Waals surface area contributed by atoms with Gasteiger partial charge in [0.25, 0.3) is 5.91 Å². The predicted molar refractivity (Wildman–Crippen MR) is 99.7 cm³/mol. The van der Waals surface area contributed by atoms with Gasteiger partial charge in [0, 0.05) is 22.6 Å². The van der Waals surface area contributed by atoms with Crippen LogP contribution in [0.15, 0.2) is 54.2 Å². The van der Waals surface area contributed by atoms with E-state index in [2.05, 4.69) is 10.6 Å². The number of rotatable bonds is 6. The largest absolute Gasteiger partial charge is 0.494 e. The minimum atomic E-state index is -0.501. The third-order valence-electron chi connectivity index (χ3n) is 3.36. The van der Waals surface area contributed by atoms with Gasteiger partial charge in [0.15, 0.2) is 0 Å². The number of nitrogens with zero attached hydrogens (tertiary/aromatic N) is 1. The Morgan fingerprint density at radius 1 is 1.28 bits per heavy atom. The number of carbonyl (C=O) groups is 1. The van der Waals surface area contributed by atoms with Gasteiger partial charge in [-0.15, -0.1) is 0 Å². The molecule has 2 aromatic rings. The van der Waals surface area contributed by atoms with E-state index in [9.17, 15) is 10.1 Å². The average molecular weight is 356 g/mol. The number of carbonyl (C=O) groups excluding carboxylic acids is 1. The summed E-state index contributed by atoms with van der Waals surface area (Å²) in [6, 6.07) is 14.2. The van der Waals surface area contributed by atoms with Gasteiger partial charge in [-0.3, -0.25) is 4.79 Å². The van der Waals surface area contributed by atoms with E-state index in [1.807, 2.05) is 26.0 Å². The molecule has 0 aliphatic rings. The SMILES string of the molecule is CCOc1ccc(NC(=O)/C(C#N)=C\Nc2cc(Cl)ccc2C)cc1. The molecule has 0 unspecified atom stereocenters. The van der Waals surface area contributed by atoms with E-state index in [4.69, 9.17) is 16.3 Å². The van der Waals surface area contributed by atoms with Crippen molar-refractivity contribution in [1.29, 1.82) is 5.26 Å². The van der Waals surface area contributed by atoms with Crippen molar-refractivity contribution in [3.8, 4) is 11.8 Å². The Hall–Kier alpha value is -2.97. The number of hydrogen-bond acceptors (Lipinski definition) is 4. The van der Waals surface area contributed by atoms with E-state index in [1.165, 1.54) is 6.20 Å². The number of halogens is 1. The highest BCUT2D eigenvalue weighted by Crippen LogP contribution is 2.20. The molecular formula is C19H18ClN3O2. The highest BCUT2D eigenvalue weighted by atomic mass is 35.5. The van der Waals surface area contributed by atoms with Crippen molar-refractivity contribution in [2.24, 2.45) is 0 Å². The summed E-state index contributed by atoms with van der Waals surface area (Å²) in [5.74, 6) is 0.216. The maximum Gasteiger partial charge on any atom is 0.267 e. The molecule has 0 bridgehead atoms. The summed E-state index contributed by atoms with van der Waals surface area (Å²) in [4.78, 5) is 12.2. The van der Waals surface area contributed by atoms with Crippen molar-refractivity contribution in [1.82, 2.24) is 0 Å². The van der Waals surface area contributed by atoms with Gasteiger partial charge in [0.1, 0.15) is 17.4 Å². The quantitative estimate of drug-likeness (QED) is 0.590. The molecule has 2 N–H and O–H groups in total. The van der Waals surface area contributed by atoms with Crippen molar-refractivity contribution in [2.45, 2.75) is 13.8 Å². The lowest BCUT2D eigenvalue weighted by Crippen LogP contribution is -2.14. The van der Waals surface area contributed by atoms with E-state index in [0.29, 0.717) is 17.3 Å². The summed E-state index contributed by atoms with van der Waals surface area (Å²) in [5, 5.41) is 15.4. The zero-order valence-electron chi connectivity index (χ0n) is 14.0. The molecule has 0 saturated carbocycles. The Kier molecular flexibility index (Phi) is 6.44. The number of ether oxygens (including phenoxy) is 1. The van der Waals surface area contributed by atoms with Gasteiger partial charge >= 0.3 is 0 Å². The molecule has 0 aliphatic heterocycles. The summed E-state index contributed by atoms with van der Waals surface area (Å²) in [5.41, 5.74) is 2.21. The first-order valence-electron chi connectivity index (χ1n) is 7.70. The van der Waals surface area contributed by atoms with Gasteiger partial charge in [-0.25, -0.2) is 0 Å². The van der Waals surface area contributed by atoms with E-state index in [1.54, 1.807) is 36.4 Å². The van der Waals surface area contributed by atoms with Gasteiger partial charge in [0.05, 0.1) is 6.61 Å². The Labute approximate surface area is 151 Å². The molecule has 0 saturated heterocycles. The Morgan fingerprint density at radius 2 is 2.00 bits per heavy atom. The molecule has 128 valence electrons. The summed E-state index contributed by atoms with van der Waals surface area (Å²) in [6.45, 7) is 4.37. The molecule has 2 rings (SSSR count). The van der Waals surface area contributed by atoms with Gasteiger partial charge in [-0.1, -0.05) is 17.7 Å². The van der Waals surface area contributed by atoms with E-state index in [0.717, 1.165) is 17.0 Å². The van der Waals surface area contributed by atoms with Crippen molar-refractivity contribution in [2.75, 3.05) is 17.2 Å². The summed E-state index contributed by atoms with van der Waals surface area (Å²) < 4.78 is 5.35. The molecule has 0 aliphatic carbocycles. The number of aryl methyl sites for hydroxylation is 1. The monoisotopic (exact) mass is 355 g/mol. The second-order valence-corrected chi connectivity index (χ2v) is 5.62. The predicted octanol–water partition coefficient (Wildman–Crippen LogP) is 4.51. The number of anilines is 2. The van der Waals surface area contributed by atoms with Crippen LogP contribution in [0.4, 0.5) is 11.4 Å². The number of amides is 1. The summed E-state index contributed by atoms with van der Waals surface area (Å²) >= 11 is 5.96. The Morgan fingerprint density at radius 3 is 2.64 bits per heavy atom. The van der Waals surface area contributed by atoms with Crippen LogP contribution in [0, 0.1) is 18.3 Å². The first-order chi connectivity index (χ1) is 12.0. The molecule has 6 heteroatoms. The lowest BCUT2D eigenvalue weighted by Gasteiger charge is -2.08. The highest BCUT2D eigenvalue weighted by molar-refractivity contribution is 6.30. The van der Waals surface area contributed by atoms with Crippen molar-refractivity contribution < 1.29 is 9.53 Å². The van der Waals surface area contributed by atoms with Crippen LogP contribution < -0.4 is 15.4 Å². The molecule has 0 aromatic heterocycles. The molecule has 5 nitrogen and oxygen atoms in total. The third kappa shape index (κ3) is 5.27. The van der Waals surface area contributed by atoms with E-state index < -0.39 is 5.91 Å². The average Bonchev–Trinajstić information content (AvgIpc) is 2.60. The van der Waals surface area contributed by atoms with Gasteiger partial charge in [-0.2, -0.15) is 5.26 Å². The number of benzene rings is 2. The second kappa shape index (κ2) is 8.76. The van der Waals surface area contributed by atoms with E-state index >= 15 is 0 Å². The fourth-order valence-electron chi connectivity index (χ4n) is 2.05. The fourth-order valence-corrected chi connectivity index (χ4v) is 2.22. The van der Waals surface area contributed by atoms with Crippen LogP contribution in [0.3, 0.4) is 0 Å². The summed E-state index contributed by atoms with van der Waals surface area (Å²) in [6.07, 6.45) is 1.36. The molecule has 2 aromatic carbocycles. The van der Waals surface area contributed by atoms with Crippen LogP contribution in [0.2, 0.25) is 5.02 Å². The van der Waals surface area contributed by atoms with Crippen LogP contribution in [0.1, 0.15) is 12.5 Å². The molecule has 1 amide bonds. The van der Waals surface area contributed by atoms with Gasteiger partial charge in [-0.05, 0) is 55.8 Å². The van der Waals surface area contributed by atoms with Gasteiger partial charge < -0.3 is 15.4 Å². The van der Waals surface area contributed by atoms with Crippen molar-refractivity contribution in [3.63, 3.8) is 0 Å². The third-order valence-corrected chi connectivity index (χ3v) is 3.59. The maximum atomic E-state index is 12.2. The van der Waals surface area contributed by atoms with Gasteiger partial charge in [0.2, 0.25) is 0 Å². The zero-order chi connectivity index (χ0) is 18.2. The summed E-state index contributed by atoms with van der Waals surface area (Å²) in [7, 11) is 0. The van der Waals surface area contributed by atoms with Crippen LogP contribution in [-0.2, 0) is 4.79 Å². The zero-order valence-corrected chi connectivity index (χ0v) is 14.7. The van der Waals surface area contributed by atoms with Crippen LogP contribution in [0.5, 0.6) is 5.75 Å². The minimum Gasteiger partial charge on any atom is -0.494 e. The molecule has 25 heavy (non-hydrogen) atoms. The molecule has 0 radical (unpaired) electrons. The topological polar surface area (TPSA) is 74.1 Å². The fraction of sp³-hybridized carbons (Fsp3) is 0.158. The lowest BCUT2D eigenvalue weighted by molar-refractivity contribution is -0.112. The van der Waals surface area contributed by atoms with Crippen molar-refractivity contribution in [3.05, 3.63) is 64.8 Å². The Bertz CT molecular complexity index is 824. The Balaban J connectivity index is 2.07. The molecular weight excluding hydrogens is 338 g/mol. The first-order valence-corrected chi connectivity index (χ1v) is 8.08. The standard InChI is InChI=1S/C19H18ClN3O2/c1-3-25-17-8-6-16(7-9-17)23-19(24)14(11-21)12-22-18-10-15(20)5-4-13(18)2/h4-10,12,22H,3H2,1-2H3,(H,23,24)/b14-12-. The molecule has 0 atom stereocenters. The van der Waals surface area contributed by atoms with Crippen LogP contribution in [-0.4, -0.2) is 12.5 Å². The maximum absolute atomic E-state index is 12.2. The minimum absolute atomic E-state index is 0.0479. The molecule has 0 heterocycles. The number of nitriles is 1. The van der Waals surface area contributed by atoms with Crippen LogP contribution >= 0.6 is 11.6 Å². The van der Waals surface area contributed by atoms with E-state index in [-0.39, 0.29) is 5.57 Å². The molecule has 0 fully saturated rings. The highest BCUT2D eigenvalue weighted by Gasteiger charge is 2.10. The van der Waals surface area contributed by atoms with Crippen LogP contribution in [0.25, 0.3) is 0 Å². The number of hydrogen-bond donors (Lipinski definition) is 2. The van der Waals surface area contributed by atoms with Crippen molar-refractivity contribution >= 4 is 28.9 Å². The lowest BCUT2D eigenvalue weighted by atomic mass is 10.2. The normalized spacial score (nSPS) is 10.7.